The van der Waals surface area contributed by atoms with Crippen molar-refractivity contribution in [3.8, 4) is 5.75 Å². The molecular weight excluding hydrogens is 214 g/mol. The molecule has 4 N–H and O–H groups in total. The summed E-state index contributed by atoms with van der Waals surface area (Å²) in [5.41, 5.74) is 11.4. The van der Waals surface area contributed by atoms with Crippen molar-refractivity contribution in [1.82, 2.24) is 0 Å². The van der Waals surface area contributed by atoms with E-state index in [2.05, 4.69) is 4.99 Å². The van der Waals surface area contributed by atoms with Gasteiger partial charge in [-0.1, -0.05) is 17.7 Å². The summed E-state index contributed by atoms with van der Waals surface area (Å²) in [5.74, 6) is 0.719. The first-order chi connectivity index (χ1) is 7.09. The van der Waals surface area contributed by atoms with Crippen LogP contribution in [0.3, 0.4) is 0 Å². The smallest absolute Gasteiger partial charge is 0.186 e. The van der Waals surface area contributed by atoms with E-state index in [-0.39, 0.29) is 5.96 Å². The number of ether oxygens (including phenoxy) is 1. The highest BCUT2D eigenvalue weighted by Gasteiger charge is 2.00. The molecule has 0 heterocycles. The Morgan fingerprint density at radius 3 is 2.87 bits per heavy atom. The molecule has 0 aliphatic carbocycles. The van der Waals surface area contributed by atoms with E-state index in [4.69, 9.17) is 27.8 Å². The maximum Gasteiger partial charge on any atom is 0.186 e. The predicted octanol–water partition coefficient (Wildman–Crippen LogP) is 1.30. The molecule has 15 heavy (non-hydrogen) atoms. The molecule has 1 aromatic rings. The van der Waals surface area contributed by atoms with Crippen LogP contribution in [0.1, 0.15) is 5.56 Å². The number of rotatable bonds is 4. The fourth-order valence-electron chi connectivity index (χ4n) is 1.05. The Bertz CT molecular complexity index is 362. The summed E-state index contributed by atoms with van der Waals surface area (Å²) in [6.07, 6.45) is 0. The van der Waals surface area contributed by atoms with Gasteiger partial charge in [0.2, 0.25) is 0 Å². The van der Waals surface area contributed by atoms with Crippen molar-refractivity contribution in [2.45, 2.75) is 6.92 Å². The maximum atomic E-state index is 5.93. The Balaban J connectivity index is 2.50. The van der Waals surface area contributed by atoms with Gasteiger partial charge in [0, 0.05) is 0 Å². The van der Waals surface area contributed by atoms with E-state index >= 15 is 0 Å². The lowest BCUT2D eigenvalue weighted by Gasteiger charge is -2.07. The number of halogens is 1. The summed E-state index contributed by atoms with van der Waals surface area (Å²) in [6.45, 7) is 2.80. The number of benzene rings is 1. The summed E-state index contributed by atoms with van der Waals surface area (Å²) in [7, 11) is 0. The predicted molar refractivity (Wildman–Crippen MR) is 62.4 cm³/mol. The van der Waals surface area contributed by atoms with Crippen molar-refractivity contribution in [2.75, 3.05) is 13.2 Å². The van der Waals surface area contributed by atoms with Gasteiger partial charge in [0.05, 0.1) is 11.6 Å². The van der Waals surface area contributed by atoms with Gasteiger partial charge in [0.25, 0.3) is 0 Å². The fourth-order valence-corrected chi connectivity index (χ4v) is 1.22. The summed E-state index contributed by atoms with van der Waals surface area (Å²) in [6, 6.07) is 5.59. The van der Waals surface area contributed by atoms with Crippen LogP contribution in [-0.2, 0) is 0 Å². The fraction of sp³-hybridized carbons (Fsp3) is 0.300. The number of aliphatic imine (C=N–C) groups is 1. The second-order valence-electron chi connectivity index (χ2n) is 3.09. The third kappa shape index (κ3) is 4.08. The molecule has 0 unspecified atom stereocenters. The Kier molecular flexibility index (Phi) is 4.24. The van der Waals surface area contributed by atoms with Gasteiger partial charge in [-0.3, -0.25) is 4.99 Å². The highest BCUT2D eigenvalue weighted by molar-refractivity contribution is 6.32. The second-order valence-corrected chi connectivity index (χ2v) is 3.50. The Hall–Kier alpha value is -1.42. The summed E-state index contributed by atoms with van der Waals surface area (Å²) in [5, 5.41) is 0.588. The van der Waals surface area contributed by atoms with E-state index in [0.29, 0.717) is 23.9 Å². The average Bonchev–Trinajstić information content (AvgIpc) is 2.17. The molecule has 0 saturated carbocycles. The molecule has 1 rings (SSSR count). The SMILES string of the molecule is Cc1ccc(Cl)c(OCCN=C(N)N)c1. The van der Waals surface area contributed by atoms with E-state index in [9.17, 15) is 0 Å². The first-order valence-electron chi connectivity index (χ1n) is 4.54. The molecule has 4 nitrogen and oxygen atoms in total. The molecule has 0 bridgehead atoms. The number of guanidine groups is 1. The summed E-state index contributed by atoms with van der Waals surface area (Å²) in [4.78, 5) is 3.80. The lowest BCUT2D eigenvalue weighted by Crippen LogP contribution is -2.23. The van der Waals surface area contributed by atoms with E-state index in [0.717, 1.165) is 5.56 Å². The summed E-state index contributed by atoms with van der Waals surface area (Å²) >= 11 is 5.93. The normalized spacial score (nSPS) is 9.73. The van der Waals surface area contributed by atoms with Crippen molar-refractivity contribution < 1.29 is 4.74 Å². The largest absolute Gasteiger partial charge is 0.490 e. The van der Waals surface area contributed by atoms with E-state index in [1.165, 1.54) is 0 Å². The van der Waals surface area contributed by atoms with Crippen molar-refractivity contribution in [3.63, 3.8) is 0 Å². The van der Waals surface area contributed by atoms with Gasteiger partial charge in [-0.05, 0) is 24.6 Å². The molecule has 82 valence electrons. The van der Waals surface area contributed by atoms with E-state index < -0.39 is 0 Å². The molecule has 0 fully saturated rings. The van der Waals surface area contributed by atoms with Crippen molar-refractivity contribution in [1.29, 1.82) is 0 Å². The van der Waals surface area contributed by atoms with E-state index in [1.807, 2.05) is 19.1 Å². The molecule has 0 aromatic heterocycles. The van der Waals surface area contributed by atoms with E-state index in [1.54, 1.807) is 6.07 Å². The molecule has 0 saturated heterocycles. The average molecular weight is 228 g/mol. The molecule has 0 amide bonds. The molecule has 0 spiro atoms. The third-order valence-electron chi connectivity index (χ3n) is 1.73. The molecule has 1 aromatic carbocycles. The third-order valence-corrected chi connectivity index (χ3v) is 2.04. The second kappa shape index (κ2) is 5.46. The van der Waals surface area contributed by atoms with Gasteiger partial charge in [-0.25, -0.2) is 0 Å². The van der Waals surface area contributed by atoms with Gasteiger partial charge in [0.1, 0.15) is 12.4 Å². The summed E-state index contributed by atoms with van der Waals surface area (Å²) < 4.78 is 5.42. The quantitative estimate of drug-likeness (QED) is 0.463. The molecular formula is C10H14ClN3O. The van der Waals surface area contributed by atoms with Crippen LogP contribution in [0.2, 0.25) is 5.02 Å². The van der Waals surface area contributed by atoms with Crippen LogP contribution in [0, 0.1) is 6.92 Å². The van der Waals surface area contributed by atoms with Crippen molar-refractivity contribution in [2.24, 2.45) is 16.5 Å². The van der Waals surface area contributed by atoms with Crippen molar-refractivity contribution in [3.05, 3.63) is 28.8 Å². The Morgan fingerprint density at radius 1 is 1.47 bits per heavy atom. The zero-order valence-electron chi connectivity index (χ0n) is 8.53. The topological polar surface area (TPSA) is 73.6 Å². The zero-order valence-corrected chi connectivity index (χ0v) is 9.29. The Morgan fingerprint density at radius 2 is 2.20 bits per heavy atom. The number of nitrogens with zero attached hydrogens (tertiary/aromatic N) is 1. The number of nitrogens with two attached hydrogens (primary N) is 2. The van der Waals surface area contributed by atoms with Gasteiger partial charge < -0.3 is 16.2 Å². The van der Waals surface area contributed by atoms with Gasteiger partial charge in [-0.15, -0.1) is 0 Å². The standard InChI is InChI=1S/C10H14ClN3O/c1-7-2-3-8(11)9(6-7)15-5-4-14-10(12)13/h2-3,6H,4-5H2,1H3,(H4,12,13,14). The van der Waals surface area contributed by atoms with Crippen LogP contribution in [0.4, 0.5) is 0 Å². The first kappa shape index (κ1) is 11.7. The molecule has 0 aliphatic rings. The van der Waals surface area contributed by atoms with Gasteiger partial charge in [-0.2, -0.15) is 0 Å². The number of hydrogen-bond donors (Lipinski definition) is 2. The van der Waals surface area contributed by atoms with Crippen LogP contribution in [0.25, 0.3) is 0 Å². The Labute approximate surface area is 93.9 Å². The minimum Gasteiger partial charge on any atom is -0.490 e. The molecule has 0 aliphatic heterocycles. The molecule has 0 atom stereocenters. The number of hydrogen-bond acceptors (Lipinski definition) is 2. The van der Waals surface area contributed by atoms with Gasteiger partial charge >= 0.3 is 0 Å². The van der Waals surface area contributed by atoms with Crippen molar-refractivity contribution >= 4 is 17.6 Å². The molecule has 0 radical (unpaired) electrons. The lowest BCUT2D eigenvalue weighted by molar-refractivity contribution is 0.328. The van der Waals surface area contributed by atoms with Crippen LogP contribution < -0.4 is 16.2 Å². The number of aryl methyl sites for hydroxylation is 1. The zero-order chi connectivity index (χ0) is 11.3. The highest BCUT2D eigenvalue weighted by Crippen LogP contribution is 2.24. The monoisotopic (exact) mass is 227 g/mol. The molecule has 5 heteroatoms. The van der Waals surface area contributed by atoms with Crippen LogP contribution in [0.5, 0.6) is 5.75 Å². The lowest BCUT2D eigenvalue weighted by atomic mass is 10.2. The van der Waals surface area contributed by atoms with Crippen LogP contribution in [0.15, 0.2) is 23.2 Å². The minimum absolute atomic E-state index is 0.0638. The first-order valence-corrected chi connectivity index (χ1v) is 4.91. The highest BCUT2D eigenvalue weighted by atomic mass is 35.5. The maximum absolute atomic E-state index is 5.93. The van der Waals surface area contributed by atoms with Crippen LogP contribution >= 0.6 is 11.6 Å². The van der Waals surface area contributed by atoms with Crippen LogP contribution in [-0.4, -0.2) is 19.1 Å². The minimum atomic E-state index is 0.0638. The van der Waals surface area contributed by atoms with Gasteiger partial charge in [0.15, 0.2) is 5.96 Å².